The van der Waals surface area contributed by atoms with Gasteiger partial charge in [-0.05, 0) is 26.0 Å². The smallest absolute Gasteiger partial charge is 0.204 e. The maximum Gasteiger partial charge on any atom is 0.204 e. The number of methoxy groups -OCH3 is 2. The summed E-state index contributed by atoms with van der Waals surface area (Å²) >= 11 is 0. The number of benzene rings is 1. The Morgan fingerprint density at radius 1 is 1.30 bits per heavy atom. The highest BCUT2D eigenvalue weighted by Crippen LogP contribution is 2.48. The van der Waals surface area contributed by atoms with Crippen molar-refractivity contribution in [1.82, 2.24) is 0 Å². The van der Waals surface area contributed by atoms with Gasteiger partial charge < -0.3 is 24.4 Å². The molecule has 2 unspecified atom stereocenters. The fourth-order valence-corrected chi connectivity index (χ4v) is 2.22. The fraction of sp³-hybridized carbons (Fsp3) is 0.467. The predicted molar refractivity (Wildman–Crippen MR) is 75.3 cm³/mol. The van der Waals surface area contributed by atoms with Crippen molar-refractivity contribution in [2.75, 3.05) is 20.8 Å². The molecular formula is C15H20O5. The van der Waals surface area contributed by atoms with E-state index in [2.05, 4.69) is 0 Å². The zero-order chi connectivity index (χ0) is 14.9. The highest BCUT2D eigenvalue weighted by atomic mass is 16.5. The van der Waals surface area contributed by atoms with Crippen molar-refractivity contribution in [2.24, 2.45) is 0 Å². The van der Waals surface area contributed by atoms with E-state index < -0.39 is 11.7 Å². The minimum atomic E-state index is -0.794. The Kier molecular flexibility index (Phi) is 3.92. The van der Waals surface area contributed by atoms with Gasteiger partial charge in [-0.25, -0.2) is 0 Å². The van der Waals surface area contributed by atoms with Crippen molar-refractivity contribution < 1.29 is 24.4 Å². The summed E-state index contributed by atoms with van der Waals surface area (Å²) in [6.07, 6.45) is 2.94. The molecule has 5 nitrogen and oxygen atoms in total. The lowest BCUT2D eigenvalue weighted by atomic mass is 9.97. The van der Waals surface area contributed by atoms with Gasteiger partial charge in [0.15, 0.2) is 11.5 Å². The first-order valence-corrected chi connectivity index (χ1v) is 6.42. The van der Waals surface area contributed by atoms with Crippen LogP contribution in [0.3, 0.4) is 0 Å². The van der Waals surface area contributed by atoms with Crippen LogP contribution in [0.1, 0.15) is 31.1 Å². The van der Waals surface area contributed by atoms with Gasteiger partial charge in [-0.1, -0.05) is 6.08 Å². The summed E-state index contributed by atoms with van der Waals surface area (Å²) in [4.78, 5) is 0. The molecule has 1 aromatic carbocycles. The number of hydrogen-bond donors (Lipinski definition) is 2. The number of ether oxygens (including phenoxy) is 3. The first-order chi connectivity index (χ1) is 9.45. The Bertz CT molecular complexity index is 536. The van der Waals surface area contributed by atoms with Gasteiger partial charge in [0.1, 0.15) is 5.60 Å². The van der Waals surface area contributed by atoms with Gasteiger partial charge in [0.05, 0.1) is 26.9 Å². The monoisotopic (exact) mass is 280 g/mol. The quantitative estimate of drug-likeness (QED) is 0.882. The number of aliphatic hydroxyl groups excluding tert-OH is 2. The molecule has 0 saturated carbocycles. The van der Waals surface area contributed by atoms with Crippen molar-refractivity contribution in [3.05, 3.63) is 23.3 Å². The number of fused-ring (bicyclic) bond motifs is 1. The van der Waals surface area contributed by atoms with Crippen molar-refractivity contribution >= 4 is 6.08 Å². The van der Waals surface area contributed by atoms with E-state index in [1.54, 1.807) is 26.0 Å². The Morgan fingerprint density at radius 3 is 2.45 bits per heavy atom. The number of rotatable bonds is 4. The van der Waals surface area contributed by atoms with Gasteiger partial charge >= 0.3 is 0 Å². The van der Waals surface area contributed by atoms with Crippen LogP contribution in [0, 0.1) is 0 Å². The van der Waals surface area contributed by atoms with Gasteiger partial charge in [-0.15, -0.1) is 0 Å². The number of aliphatic hydroxyl groups is 2. The maximum atomic E-state index is 9.87. The molecule has 1 heterocycles. The summed E-state index contributed by atoms with van der Waals surface area (Å²) < 4.78 is 16.6. The molecule has 0 saturated heterocycles. The van der Waals surface area contributed by atoms with Crippen LogP contribution in [0.5, 0.6) is 17.2 Å². The summed E-state index contributed by atoms with van der Waals surface area (Å²) in [7, 11) is 3.03. The summed E-state index contributed by atoms with van der Waals surface area (Å²) in [5.41, 5.74) is 0.617. The third-order valence-electron chi connectivity index (χ3n) is 3.37. The minimum Gasteiger partial charge on any atom is -0.492 e. The summed E-state index contributed by atoms with van der Waals surface area (Å²) in [6, 6.07) is 1.80. The van der Waals surface area contributed by atoms with Crippen LogP contribution < -0.4 is 14.2 Å². The molecule has 0 aromatic heterocycles. The van der Waals surface area contributed by atoms with E-state index in [0.29, 0.717) is 22.8 Å². The molecule has 110 valence electrons. The molecule has 0 aliphatic carbocycles. The molecular weight excluding hydrogens is 260 g/mol. The zero-order valence-electron chi connectivity index (χ0n) is 12.1. The van der Waals surface area contributed by atoms with E-state index >= 15 is 0 Å². The predicted octanol–water partition coefficient (Wildman–Crippen LogP) is 1.91. The highest BCUT2D eigenvalue weighted by molar-refractivity contribution is 5.71. The molecule has 20 heavy (non-hydrogen) atoms. The lowest BCUT2D eigenvalue weighted by Gasteiger charge is -2.32. The third-order valence-corrected chi connectivity index (χ3v) is 3.37. The standard InChI is InChI=1S/C15H20O5/c1-9(17)11-7-10-5-6-15(2,8-16)20-12(10)14(19-4)13(11)18-3/h5-7,9,16-17H,8H2,1-4H3. The zero-order valence-corrected chi connectivity index (χ0v) is 12.1. The van der Waals surface area contributed by atoms with Crippen LogP contribution in [0.25, 0.3) is 6.08 Å². The molecule has 5 heteroatoms. The van der Waals surface area contributed by atoms with Crippen LogP contribution in [-0.4, -0.2) is 36.6 Å². The maximum absolute atomic E-state index is 9.87. The molecule has 1 aromatic rings. The fourth-order valence-electron chi connectivity index (χ4n) is 2.22. The summed E-state index contributed by atoms with van der Waals surface area (Å²) in [6.45, 7) is 3.29. The van der Waals surface area contributed by atoms with Crippen molar-refractivity contribution in [3.8, 4) is 17.2 Å². The lowest BCUT2D eigenvalue weighted by molar-refractivity contribution is 0.0609. The molecule has 0 spiro atoms. The van der Waals surface area contributed by atoms with Gasteiger partial charge in [-0.2, -0.15) is 0 Å². The Morgan fingerprint density at radius 2 is 1.95 bits per heavy atom. The van der Waals surface area contributed by atoms with Gasteiger partial charge in [0.2, 0.25) is 5.75 Å². The Balaban J connectivity index is 2.65. The normalized spacial score (nSPS) is 21.9. The average Bonchev–Trinajstić information content (AvgIpc) is 2.45. The molecule has 2 rings (SSSR count). The first kappa shape index (κ1) is 14.7. The van der Waals surface area contributed by atoms with E-state index in [-0.39, 0.29) is 6.61 Å². The van der Waals surface area contributed by atoms with Crippen LogP contribution in [0.4, 0.5) is 0 Å². The summed E-state index contributed by atoms with van der Waals surface area (Å²) in [5, 5.41) is 19.3. The second-order valence-electron chi connectivity index (χ2n) is 5.03. The topological polar surface area (TPSA) is 68.2 Å². The lowest BCUT2D eigenvalue weighted by Crippen LogP contribution is -2.36. The van der Waals surface area contributed by atoms with Crippen LogP contribution >= 0.6 is 0 Å². The molecule has 0 radical (unpaired) electrons. The largest absolute Gasteiger partial charge is 0.492 e. The second-order valence-corrected chi connectivity index (χ2v) is 5.03. The molecule has 1 aliphatic heterocycles. The van der Waals surface area contributed by atoms with Crippen molar-refractivity contribution in [1.29, 1.82) is 0 Å². The number of hydrogen-bond acceptors (Lipinski definition) is 5. The van der Waals surface area contributed by atoms with E-state index in [0.717, 1.165) is 5.56 Å². The minimum absolute atomic E-state index is 0.146. The van der Waals surface area contributed by atoms with Gasteiger partial charge in [0.25, 0.3) is 0 Å². The van der Waals surface area contributed by atoms with Gasteiger partial charge in [0, 0.05) is 11.1 Å². The molecule has 2 N–H and O–H groups in total. The molecule has 0 bridgehead atoms. The molecule has 2 atom stereocenters. The van der Waals surface area contributed by atoms with Crippen LogP contribution in [0.2, 0.25) is 0 Å². The third kappa shape index (κ3) is 2.34. The van der Waals surface area contributed by atoms with Crippen LogP contribution in [0.15, 0.2) is 12.1 Å². The van der Waals surface area contributed by atoms with Crippen molar-refractivity contribution in [3.63, 3.8) is 0 Å². The first-order valence-electron chi connectivity index (χ1n) is 6.42. The van der Waals surface area contributed by atoms with E-state index in [4.69, 9.17) is 14.2 Å². The Labute approximate surface area is 118 Å². The molecule has 0 amide bonds. The van der Waals surface area contributed by atoms with E-state index in [1.807, 2.05) is 6.08 Å². The van der Waals surface area contributed by atoms with E-state index in [9.17, 15) is 10.2 Å². The second kappa shape index (κ2) is 5.34. The van der Waals surface area contributed by atoms with Crippen LogP contribution in [-0.2, 0) is 0 Å². The summed E-state index contributed by atoms with van der Waals surface area (Å²) in [5.74, 6) is 1.37. The molecule has 0 fully saturated rings. The highest BCUT2D eigenvalue weighted by Gasteiger charge is 2.32. The molecule has 1 aliphatic rings. The average molecular weight is 280 g/mol. The Hall–Kier alpha value is -1.72. The van der Waals surface area contributed by atoms with Crippen molar-refractivity contribution in [2.45, 2.75) is 25.6 Å². The SMILES string of the molecule is COc1c(C(C)O)cc2c(c1OC)OC(C)(CO)C=C2. The van der Waals surface area contributed by atoms with Gasteiger partial charge in [-0.3, -0.25) is 0 Å². The van der Waals surface area contributed by atoms with E-state index in [1.165, 1.54) is 14.2 Å².